The molecule has 8 nitrogen and oxygen atoms in total. The van der Waals surface area contributed by atoms with Gasteiger partial charge < -0.3 is 19.4 Å². The average Bonchev–Trinajstić information content (AvgIpc) is 3.46. The van der Waals surface area contributed by atoms with E-state index in [1.54, 1.807) is 21.9 Å². The van der Waals surface area contributed by atoms with Gasteiger partial charge in [-0.25, -0.2) is 0 Å². The van der Waals surface area contributed by atoms with Gasteiger partial charge in [0.25, 0.3) is 5.91 Å². The molecule has 1 aromatic heterocycles. The second-order valence-corrected chi connectivity index (χ2v) is 10.8. The summed E-state index contributed by atoms with van der Waals surface area (Å²) >= 11 is 18.6. The van der Waals surface area contributed by atoms with Crippen LogP contribution in [-0.2, 0) is 9.53 Å². The van der Waals surface area contributed by atoms with Gasteiger partial charge in [-0.1, -0.05) is 53.0 Å². The first-order valence-electron chi connectivity index (χ1n) is 12.9. The zero-order valence-electron chi connectivity index (χ0n) is 21.2. The van der Waals surface area contributed by atoms with E-state index in [9.17, 15) is 9.59 Å². The maximum Gasteiger partial charge on any atom is 0.255 e. The monoisotopic (exact) mass is 587 g/mol. The average molecular weight is 589 g/mol. The molecular weight excluding hydrogens is 561 g/mol. The van der Waals surface area contributed by atoms with Crippen molar-refractivity contribution in [2.24, 2.45) is 0 Å². The van der Waals surface area contributed by atoms with E-state index in [0.717, 1.165) is 24.2 Å². The molecule has 5 rings (SSSR count). The predicted octanol–water partition coefficient (Wildman–Crippen LogP) is 5.07. The van der Waals surface area contributed by atoms with Crippen molar-refractivity contribution in [1.82, 2.24) is 20.0 Å². The summed E-state index contributed by atoms with van der Waals surface area (Å²) in [7, 11) is 0. The minimum absolute atomic E-state index is 0.0516. The highest BCUT2D eigenvalue weighted by Crippen LogP contribution is 2.27. The molecule has 2 fully saturated rings. The lowest BCUT2D eigenvalue weighted by molar-refractivity contribution is -0.132. The highest BCUT2D eigenvalue weighted by atomic mass is 35.5. The smallest absolute Gasteiger partial charge is 0.255 e. The van der Waals surface area contributed by atoms with Gasteiger partial charge in [-0.15, -0.1) is 10.2 Å². The summed E-state index contributed by atoms with van der Waals surface area (Å²) in [6.45, 7) is 3.17. The number of piperazine rings is 1. The van der Waals surface area contributed by atoms with Crippen molar-refractivity contribution in [3.05, 3.63) is 75.2 Å². The third-order valence-electron chi connectivity index (χ3n) is 6.98. The van der Waals surface area contributed by atoms with Crippen LogP contribution in [0.1, 0.15) is 23.2 Å². The Morgan fingerprint density at radius 2 is 1.74 bits per heavy atom. The van der Waals surface area contributed by atoms with Crippen molar-refractivity contribution in [3.8, 4) is 11.3 Å². The van der Waals surface area contributed by atoms with E-state index in [4.69, 9.17) is 39.5 Å². The summed E-state index contributed by atoms with van der Waals surface area (Å²) in [6.07, 6.45) is 1.69. The number of halogens is 3. The number of hydrogen-bond donors (Lipinski definition) is 0. The van der Waals surface area contributed by atoms with Gasteiger partial charge in [0.2, 0.25) is 5.91 Å². The number of rotatable bonds is 7. The van der Waals surface area contributed by atoms with Crippen LogP contribution in [0.5, 0.6) is 0 Å². The lowest BCUT2D eigenvalue weighted by Gasteiger charge is -2.36. The second-order valence-electron chi connectivity index (χ2n) is 9.57. The fraction of sp³-hybridized carbons (Fsp3) is 0.357. The Hall–Kier alpha value is -2.91. The number of aromatic nitrogens is 2. The molecule has 0 aliphatic carbocycles. The van der Waals surface area contributed by atoms with Gasteiger partial charge in [0, 0.05) is 49.9 Å². The summed E-state index contributed by atoms with van der Waals surface area (Å²) < 4.78 is 5.75. The van der Waals surface area contributed by atoms with Gasteiger partial charge in [-0.2, -0.15) is 0 Å². The fourth-order valence-electron chi connectivity index (χ4n) is 4.84. The normalized spacial score (nSPS) is 17.4. The van der Waals surface area contributed by atoms with E-state index in [-0.39, 0.29) is 29.5 Å². The molecule has 0 N–H and O–H groups in total. The summed E-state index contributed by atoms with van der Waals surface area (Å²) in [5, 5.41) is 10.1. The summed E-state index contributed by atoms with van der Waals surface area (Å²) in [4.78, 5) is 32.1. The second kappa shape index (κ2) is 12.5. The standard InChI is InChI=1S/C28H28Cl3N5O3/c29-19-7-8-22(24(31)16-19)28(38)36(17-20-4-3-15-39-20)18-27(37)35-13-11-34(12-14-35)26-10-9-25(32-33-26)21-5-1-2-6-23(21)30/h1-2,5-10,16,20H,3-4,11-15,17-18H2/t20-/m1/s1. The Morgan fingerprint density at radius 3 is 2.41 bits per heavy atom. The molecule has 0 spiro atoms. The third kappa shape index (κ3) is 6.64. The molecule has 0 saturated carbocycles. The van der Waals surface area contributed by atoms with E-state index >= 15 is 0 Å². The molecule has 0 radical (unpaired) electrons. The van der Waals surface area contributed by atoms with E-state index in [1.807, 2.05) is 36.4 Å². The van der Waals surface area contributed by atoms with E-state index in [0.29, 0.717) is 60.6 Å². The molecule has 1 atom stereocenters. The quantitative estimate of drug-likeness (QED) is 0.383. The van der Waals surface area contributed by atoms with Crippen molar-refractivity contribution in [2.75, 3.05) is 50.8 Å². The summed E-state index contributed by atoms with van der Waals surface area (Å²) in [5.74, 6) is 0.310. The first-order valence-corrected chi connectivity index (χ1v) is 14.0. The van der Waals surface area contributed by atoms with Crippen molar-refractivity contribution in [3.63, 3.8) is 0 Å². The van der Waals surface area contributed by atoms with Gasteiger partial charge in [0.15, 0.2) is 5.82 Å². The van der Waals surface area contributed by atoms with E-state index < -0.39 is 0 Å². The van der Waals surface area contributed by atoms with Gasteiger partial charge >= 0.3 is 0 Å². The minimum atomic E-state index is -0.312. The highest BCUT2D eigenvalue weighted by Gasteiger charge is 2.29. The molecule has 0 bridgehead atoms. The maximum atomic E-state index is 13.4. The number of carbonyl (C=O) groups is 2. The number of carbonyl (C=O) groups excluding carboxylic acids is 2. The summed E-state index contributed by atoms with van der Waals surface area (Å²) in [5.41, 5.74) is 1.85. The Labute approximate surface area is 242 Å². The number of ether oxygens (including phenoxy) is 1. The molecular formula is C28H28Cl3N5O3. The Kier molecular flexibility index (Phi) is 8.87. The first-order chi connectivity index (χ1) is 18.9. The van der Waals surface area contributed by atoms with E-state index in [1.165, 1.54) is 6.07 Å². The van der Waals surface area contributed by atoms with Crippen LogP contribution >= 0.6 is 34.8 Å². The molecule has 11 heteroatoms. The molecule has 0 unspecified atom stereocenters. The predicted molar refractivity (Wildman–Crippen MR) is 153 cm³/mol. The Bertz CT molecular complexity index is 1330. The van der Waals surface area contributed by atoms with Crippen LogP contribution in [0.25, 0.3) is 11.3 Å². The van der Waals surface area contributed by atoms with Crippen LogP contribution in [0.3, 0.4) is 0 Å². The maximum absolute atomic E-state index is 13.4. The number of amides is 2. The van der Waals surface area contributed by atoms with E-state index in [2.05, 4.69) is 15.1 Å². The molecule has 3 aromatic rings. The topological polar surface area (TPSA) is 78.9 Å². The number of nitrogens with zero attached hydrogens (tertiary/aromatic N) is 5. The number of anilines is 1. The molecule has 204 valence electrons. The SMILES string of the molecule is O=C(CN(C[C@H]1CCCO1)C(=O)c1ccc(Cl)cc1Cl)N1CCN(c2ccc(-c3ccccc3Cl)nn2)CC1. The Balaban J connectivity index is 1.21. The molecule has 2 amide bonds. The molecule has 2 saturated heterocycles. The van der Waals surface area contributed by atoms with Gasteiger partial charge in [-0.05, 0) is 49.2 Å². The van der Waals surface area contributed by atoms with Crippen LogP contribution in [-0.4, -0.2) is 83.8 Å². The molecule has 2 aromatic carbocycles. The number of benzene rings is 2. The zero-order valence-corrected chi connectivity index (χ0v) is 23.5. The largest absolute Gasteiger partial charge is 0.376 e. The van der Waals surface area contributed by atoms with Crippen LogP contribution in [0.4, 0.5) is 5.82 Å². The molecule has 39 heavy (non-hydrogen) atoms. The summed E-state index contributed by atoms with van der Waals surface area (Å²) in [6, 6.07) is 16.1. The van der Waals surface area contributed by atoms with Crippen molar-refractivity contribution >= 4 is 52.4 Å². The third-order valence-corrected chi connectivity index (χ3v) is 7.86. The molecule has 3 heterocycles. The van der Waals surface area contributed by atoms with Crippen LogP contribution < -0.4 is 4.90 Å². The van der Waals surface area contributed by atoms with Crippen molar-refractivity contribution < 1.29 is 14.3 Å². The molecule has 2 aliphatic rings. The Morgan fingerprint density at radius 1 is 0.949 bits per heavy atom. The number of hydrogen-bond acceptors (Lipinski definition) is 6. The fourth-order valence-corrected chi connectivity index (χ4v) is 5.56. The zero-order chi connectivity index (χ0) is 27.4. The van der Waals surface area contributed by atoms with Crippen LogP contribution in [0, 0.1) is 0 Å². The van der Waals surface area contributed by atoms with Gasteiger partial charge in [0.05, 0.1) is 27.4 Å². The first kappa shape index (κ1) is 27.6. The van der Waals surface area contributed by atoms with Crippen molar-refractivity contribution in [2.45, 2.75) is 18.9 Å². The van der Waals surface area contributed by atoms with Gasteiger partial charge in [0.1, 0.15) is 6.54 Å². The van der Waals surface area contributed by atoms with Gasteiger partial charge in [-0.3, -0.25) is 9.59 Å². The molecule has 2 aliphatic heterocycles. The van der Waals surface area contributed by atoms with Crippen LogP contribution in [0.2, 0.25) is 15.1 Å². The minimum Gasteiger partial charge on any atom is -0.376 e. The lowest BCUT2D eigenvalue weighted by atomic mass is 10.1. The lowest BCUT2D eigenvalue weighted by Crippen LogP contribution is -2.52. The van der Waals surface area contributed by atoms with Crippen LogP contribution in [0.15, 0.2) is 54.6 Å². The highest BCUT2D eigenvalue weighted by molar-refractivity contribution is 6.36. The van der Waals surface area contributed by atoms with Crippen molar-refractivity contribution in [1.29, 1.82) is 0 Å².